The maximum Gasteiger partial charge on any atom is 0.203 e. The monoisotopic (exact) mass is 1030 g/mol. The van der Waals surface area contributed by atoms with Crippen LogP contribution in [0.3, 0.4) is 0 Å². The van der Waals surface area contributed by atoms with E-state index < -0.39 is 5.60 Å². The van der Waals surface area contributed by atoms with Gasteiger partial charge in [-0.2, -0.15) is 0 Å². The van der Waals surface area contributed by atoms with E-state index in [2.05, 4.69) is 15.9 Å². The fourth-order valence-corrected chi connectivity index (χ4v) is 7.66. The molecular weight excluding hydrogens is 969 g/mol. The maximum absolute atomic E-state index is 13.2. The lowest BCUT2D eigenvalue weighted by Gasteiger charge is -2.29. The van der Waals surface area contributed by atoms with Gasteiger partial charge in [-0.1, -0.05) is 76.6 Å². The second-order valence-electron chi connectivity index (χ2n) is 17.3. The molecule has 0 saturated heterocycles. The van der Waals surface area contributed by atoms with Crippen molar-refractivity contribution in [1.29, 1.82) is 0 Å². The molecule has 3 N–H and O–H groups in total. The summed E-state index contributed by atoms with van der Waals surface area (Å²) in [6, 6.07) is 37.0. The fourth-order valence-electron chi connectivity index (χ4n) is 7.36. The number of rotatable bonds is 18. The lowest BCUT2D eigenvalue weighted by atomic mass is 9.99. The van der Waals surface area contributed by atoms with Crippen LogP contribution in [0.4, 0.5) is 0 Å². The van der Waals surface area contributed by atoms with E-state index in [1.165, 1.54) is 0 Å². The molecule has 0 bridgehead atoms. The molecule has 0 aromatic heterocycles. The van der Waals surface area contributed by atoms with E-state index in [0.29, 0.717) is 100 Å². The van der Waals surface area contributed by atoms with Crippen LogP contribution in [0.2, 0.25) is 0 Å². The highest BCUT2D eigenvalue weighted by molar-refractivity contribution is 9.09. The van der Waals surface area contributed by atoms with Gasteiger partial charge in [0.15, 0.2) is 12.4 Å². The third-order valence-electron chi connectivity index (χ3n) is 11.0. The maximum atomic E-state index is 13.2. The van der Waals surface area contributed by atoms with Crippen LogP contribution >= 0.6 is 15.9 Å². The zero-order chi connectivity index (χ0) is 51.0. The van der Waals surface area contributed by atoms with Crippen molar-refractivity contribution in [3.8, 4) is 46.0 Å². The number of aliphatic hydroxyl groups excluding tert-OH is 2. The Morgan fingerprint density at radius 2 is 1.03 bits per heavy atom. The van der Waals surface area contributed by atoms with Gasteiger partial charge >= 0.3 is 0 Å². The Balaban J connectivity index is 0.000000193. The standard InChI is InChI=1S/C29H30O6.C17H17BrO3.C12H14O3/c1-4-32-22-11-12-23(27(16-22)33-18-20-8-6-5-7-9-20)25(31)19-34-28-21(17-30)10-13-26-24(28)14-15-29(2,3)35-26;1-2-20-14-8-9-15(16(19)11-18)17(10-14)21-12-13-6-4-3-5-7-13;1-12(2)6-5-9-10(15-12)4-3-8(7-13)11(9)14/h5-16,30H,4,17-19H2,1-3H3;3-10H,2,11-12H2,1H3;3-6,13-14H,7H2,1-2H3. The highest BCUT2D eigenvalue weighted by Gasteiger charge is 2.27. The van der Waals surface area contributed by atoms with Gasteiger partial charge in [0.05, 0.1) is 54.0 Å². The number of aliphatic hydroxyl groups is 2. The number of carbonyl (C=O) groups excluding carboxylic acids is 2. The molecule has 6 aromatic carbocycles. The van der Waals surface area contributed by atoms with Crippen LogP contribution in [0.1, 0.15) is 95.6 Å². The molecule has 0 radical (unpaired) electrons. The molecule has 6 aromatic rings. The first kappa shape index (κ1) is 53.3. The van der Waals surface area contributed by atoms with Crippen molar-refractivity contribution in [2.45, 2.75) is 79.2 Å². The highest BCUT2D eigenvalue weighted by Crippen LogP contribution is 2.40. The number of ketones is 2. The quantitative estimate of drug-likeness (QED) is 0.0553. The summed E-state index contributed by atoms with van der Waals surface area (Å²) in [5.74, 6) is 3.86. The molecule has 0 atom stereocenters. The van der Waals surface area contributed by atoms with Crippen molar-refractivity contribution in [3.05, 3.63) is 178 Å². The Morgan fingerprint density at radius 1 is 0.563 bits per heavy atom. The number of benzene rings is 6. The Bertz CT molecular complexity index is 2800. The normalized spacial score (nSPS) is 13.3. The average molecular weight is 1030 g/mol. The number of ether oxygens (including phenoxy) is 7. The van der Waals surface area contributed by atoms with E-state index in [-0.39, 0.29) is 48.1 Å². The molecular formula is C58H61BrO12. The number of fused-ring (bicyclic) bond motifs is 2. The average Bonchev–Trinajstić information content (AvgIpc) is 3.37. The summed E-state index contributed by atoms with van der Waals surface area (Å²) in [6.07, 6.45) is 7.54. The molecule has 13 heteroatoms. The first-order valence-electron chi connectivity index (χ1n) is 23.3. The minimum atomic E-state index is -0.450. The van der Waals surface area contributed by atoms with Crippen molar-refractivity contribution >= 4 is 39.6 Å². The summed E-state index contributed by atoms with van der Waals surface area (Å²) < 4.78 is 40.6. The van der Waals surface area contributed by atoms with Gasteiger partial charge in [0.25, 0.3) is 0 Å². The summed E-state index contributed by atoms with van der Waals surface area (Å²) in [7, 11) is 0. The third kappa shape index (κ3) is 14.7. The van der Waals surface area contributed by atoms with E-state index in [9.17, 15) is 19.8 Å². The van der Waals surface area contributed by atoms with Crippen molar-refractivity contribution < 1.29 is 58.1 Å². The molecule has 12 nitrogen and oxygen atoms in total. The minimum absolute atomic E-state index is 0.0129. The van der Waals surface area contributed by atoms with Crippen LogP contribution in [-0.2, 0) is 26.4 Å². The SMILES string of the molecule is CC1(C)C=Cc2c(ccc(CO)c2O)O1.CCOc1ccc(C(=O)CBr)c(OCc2ccccc2)c1.CCOc1ccc(C(=O)COc2c(CO)ccc3c2C=CC(C)(C)O3)c(OCc2ccccc2)c1. The van der Waals surface area contributed by atoms with E-state index in [1.807, 2.05) is 133 Å². The predicted octanol–water partition coefficient (Wildman–Crippen LogP) is 11.9. The summed E-state index contributed by atoms with van der Waals surface area (Å²) in [5, 5.41) is 28.9. The van der Waals surface area contributed by atoms with Crippen molar-refractivity contribution in [1.82, 2.24) is 0 Å². The molecule has 0 saturated carbocycles. The number of Topliss-reactive ketones (excluding diaryl/α,β-unsaturated/α-hetero) is 2. The topological polar surface area (TPSA) is 159 Å². The lowest BCUT2D eigenvalue weighted by molar-refractivity contribution is 0.0912. The van der Waals surface area contributed by atoms with Gasteiger partial charge in [-0.3, -0.25) is 9.59 Å². The first-order valence-corrected chi connectivity index (χ1v) is 24.4. The Hall–Kier alpha value is -7.06. The Morgan fingerprint density at radius 3 is 1.51 bits per heavy atom. The Labute approximate surface area is 424 Å². The van der Waals surface area contributed by atoms with Crippen molar-refractivity contribution in [2.24, 2.45) is 0 Å². The number of aromatic hydroxyl groups is 1. The molecule has 0 unspecified atom stereocenters. The van der Waals surface area contributed by atoms with Gasteiger partial charge in [-0.25, -0.2) is 0 Å². The molecule has 8 rings (SSSR count). The molecule has 372 valence electrons. The van der Waals surface area contributed by atoms with Crippen LogP contribution < -0.4 is 33.2 Å². The summed E-state index contributed by atoms with van der Waals surface area (Å²) in [6.45, 7) is 12.8. The van der Waals surface area contributed by atoms with Gasteiger partial charge in [-0.05, 0) is 126 Å². The zero-order valence-corrected chi connectivity index (χ0v) is 42.5. The second-order valence-corrected chi connectivity index (χ2v) is 17.9. The number of carbonyl (C=O) groups is 2. The molecule has 71 heavy (non-hydrogen) atoms. The number of alkyl halides is 1. The highest BCUT2D eigenvalue weighted by atomic mass is 79.9. The third-order valence-corrected chi connectivity index (χ3v) is 11.5. The van der Waals surface area contributed by atoms with E-state index >= 15 is 0 Å². The van der Waals surface area contributed by atoms with Crippen LogP contribution in [0.5, 0.6) is 46.0 Å². The largest absolute Gasteiger partial charge is 0.507 e. The minimum Gasteiger partial charge on any atom is -0.507 e. The fraction of sp³-hybridized carbons (Fsp3) is 0.276. The van der Waals surface area contributed by atoms with Crippen molar-refractivity contribution in [3.63, 3.8) is 0 Å². The van der Waals surface area contributed by atoms with E-state index in [0.717, 1.165) is 11.1 Å². The molecule has 2 aliphatic rings. The summed E-state index contributed by atoms with van der Waals surface area (Å²) in [5.41, 5.74) is 4.64. The van der Waals surface area contributed by atoms with Crippen molar-refractivity contribution in [2.75, 3.05) is 25.2 Å². The van der Waals surface area contributed by atoms with Crippen LogP contribution in [0.15, 0.2) is 133 Å². The van der Waals surface area contributed by atoms with Gasteiger partial charge in [-0.15, -0.1) is 0 Å². The number of phenols is 1. The molecule has 2 aliphatic heterocycles. The number of hydrogen-bond donors (Lipinski definition) is 3. The first-order chi connectivity index (χ1) is 34.2. The zero-order valence-electron chi connectivity index (χ0n) is 40.9. The van der Waals surface area contributed by atoms with Gasteiger partial charge in [0.1, 0.15) is 70.4 Å². The second kappa shape index (κ2) is 25.2. The molecule has 0 fully saturated rings. The summed E-state index contributed by atoms with van der Waals surface area (Å²) >= 11 is 3.19. The van der Waals surface area contributed by atoms with Gasteiger partial charge in [0.2, 0.25) is 5.78 Å². The predicted molar refractivity (Wildman–Crippen MR) is 279 cm³/mol. The molecule has 0 amide bonds. The Kier molecular flexibility index (Phi) is 18.9. The molecule has 0 aliphatic carbocycles. The smallest absolute Gasteiger partial charge is 0.203 e. The van der Waals surface area contributed by atoms with Gasteiger partial charge < -0.3 is 48.5 Å². The van der Waals surface area contributed by atoms with E-state index in [1.54, 1.807) is 54.6 Å². The summed E-state index contributed by atoms with van der Waals surface area (Å²) in [4.78, 5) is 25.2. The van der Waals surface area contributed by atoms with E-state index in [4.69, 9.17) is 38.3 Å². The lowest BCUT2D eigenvalue weighted by Crippen LogP contribution is -2.27. The number of hydrogen-bond acceptors (Lipinski definition) is 12. The van der Waals surface area contributed by atoms with Crippen LogP contribution in [0.25, 0.3) is 12.2 Å². The van der Waals surface area contributed by atoms with Gasteiger partial charge in [0, 0.05) is 23.3 Å². The molecule has 0 spiro atoms. The molecule has 2 heterocycles. The van der Waals surface area contributed by atoms with Crippen LogP contribution in [0, 0.1) is 0 Å². The van der Waals surface area contributed by atoms with Crippen LogP contribution in [-0.4, -0.2) is 63.2 Å². The number of halogens is 1.